The van der Waals surface area contributed by atoms with Gasteiger partial charge in [0.25, 0.3) is 0 Å². The summed E-state index contributed by atoms with van der Waals surface area (Å²) in [5.74, 6) is 0.859. The predicted molar refractivity (Wildman–Crippen MR) is 84.7 cm³/mol. The second-order valence-corrected chi connectivity index (χ2v) is 5.75. The van der Waals surface area contributed by atoms with E-state index in [2.05, 4.69) is 35.1 Å². The van der Waals surface area contributed by atoms with E-state index in [1.165, 1.54) is 11.3 Å². The smallest absolute Gasteiger partial charge is 0.119 e. The lowest BCUT2D eigenvalue weighted by atomic mass is 10.0. The summed E-state index contributed by atoms with van der Waals surface area (Å²) in [6.45, 7) is 4.45. The summed E-state index contributed by atoms with van der Waals surface area (Å²) in [5.41, 5.74) is 2.38. The Morgan fingerprint density at radius 1 is 1.36 bits per heavy atom. The van der Waals surface area contributed by atoms with E-state index in [0.717, 1.165) is 25.3 Å². The standard InChI is InChI=1S/C17H23N3O2/c1-3-20-14(7-8-18-20)11-19-12-15(21)10-17(19)13-5-4-6-16(9-13)22-2/h4-9,15,17,21H,3,10-12H2,1-2H3/t15-,17-/m1/s1. The zero-order valence-electron chi connectivity index (χ0n) is 13.1. The maximum atomic E-state index is 10.1. The van der Waals surface area contributed by atoms with Gasteiger partial charge in [-0.2, -0.15) is 5.10 Å². The summed E-state index contributed by atoms with van der Waals surface area (Å²) in [6.07, 6.45) is 2.31. The van der Waals surface area contributed by atoms with Crippen LogP contribution in [0.1, 0.15) is 30.6 Å². The van der Waals surface area contributed by atoms with Gasteiger partial charge in [0.15, 0.2) is 0 Å². The number of ether oxygens (including phenoxy) is 1. The second-order valence-electron chi connectivity index (χ2n) is 5.75. The first-order chi connectivity index (χ1) is 10.7. The van der Waals surface area contributed by atoms with Gasteiger partial charge in [0.05, 0.1) is 18.9 Å². The third-order valence-corrected chi connectivity index (χ3v) is 4.33. The predicted octanol–water partition coefficient (Wildman–Crippen LogP) is 2.22. The quantitative estimate of drug-likeness (QED) is 0.920. The first-order valence-corrected chi connectivity index (χ1v) is 7.78. The van der Waals surface area contributed by atoms with Crippen LogP contribution in [0.3, 0.4) is 0 Å². The maximum absolute atomic E-state index is 10.1. The number of methoxy groups -OCH3 is 1. The van der Waals surface area contributed by atoms with E-state index in [1.54, 1.807) is 7.11 Å². The lowest BCUT2D eigenvalue weighted by molar-refractivity contribution is 0.171. The highest BCUT2D eigenvalue weighted by Crippen LogP contribution is 2.34. The van der Waals surface area contributed by atoms with Crippen LogP contribution in [0.25, 0.3) is 0 Å². The molecule has 118 valence electrons. The number of β-amino-alcohol motifs (C(OH)–C–C–N with tert-alkyl or cyclic N) is 1. The van der Waals surface area contributed by atoms with Crippen LogP contribution in [0.2, 0.25) is 0 Å². The summed E-state index contributed by atoms with van der Waals surface area (Å²) in [5, 5.41) is 14.4. The molecule has 5 nitrogen and oxygen atoms in total. The zero-order chi connectivity index (χ0) is 15.5. The molecule has 2 heterocycles. The molecule has 22 heavy (non-hydrogen) atoms. The minimum atomic E-state index is -0.283. The molecule has 0 radical (unpaired) electrons. The highest BCUT2D eigenvalue weighted by molar-refractivity contribution is 5.31. The highest BCUT2D eigenvalue weighted by atomic mass is 16.5. The lowest BCUT2D eigenvalue weighted by Gasteiger charge is -2.25. The minimum Gasteiger partial charge on any atom is -0.497 e. The molecule has 1 aromatic heterocycles. The van der Waals surface area contributed by atoms with E-state index in [4.69, 9.17) is 4.74 Å². The molecular formula is C17H23N3O2. The Balaban J connectivity index is 1.82. The van der Waals surface area contributed by atoms with Crippen molar-refractivity contribution in [3.63, 3.8) is 0 Å². The number of rotatable bonds is 5. The summed E-state index contributed by atoms with van der Waals surface area (Å²) < 4.78 is 7.33. The Morgan fingerprint density at radius 3 is 3.00 bits per heavy atom. The zero-order valence-corrected chi connectivity index (χ0v) is 13.1. The number of nitrogens with zero attached hydrogens (tertiary/aromatic N) is 3. The third-order valence-electron chi connectivity index (χ3n) is 4.33. The SMILES string of the molecule is CCn1nccc1CN1C[C@H](O)C[C@@H]1c1cccc(OC)c1. The second kappa shape index (κ2) is 6.50. The molecule has 1 saturated heterocycles. The molecule has 1 fully saturated rings. The molecule has 5 heteroatoms. The third kappa shape index (κ3) is 3.00. The molecule has 1 aliphatic rings. The molecule has 1 aromatic carbocycles. The summed E-state index contributed by atoms with van der Waals surface area (Å²) in [7, 11) is 1.68. The van der Waals surface area contributed by atoms with Gasteiger partial charge in [0, 0.05) is 31.9 Å². The first-order valence-electron chi connectivity index (χ1n) is 7.78. The summed E-state index contributed by atoms with van der Waals surface area (Å²) in [4.78, 5) is 2.32. The number of aliphatic hydroxyl groups excluding tert-OH is 1. The number of likely N-dealkylation sites (tertiary alicyclic amines) is 1. The van der Waals surface area contributed by atoms with E-state index < -0.39 is 0 Å². The Bertz CT molecular complexity index is 626. The number of aromatic nitrogens is 2. The van der Waals surface area contributed by atoms with Crippen LogP contribution < -0.4 is 4.74 Å². The van der Waals surface area contributed by atoms with Gasteiger partial charge in [-0.3, -0.25) is 9.58 Å². The Hall–Kier alpha value is -1.85. The first kappa shape index (κ1) is 15.1. The lowest BCUT2D eigenvalue weighted by Crippen LogP contribution is -2.25. The molecule has 0 aliphatic carbocycles. The van der Waals surface area contributed by atoms with Crippen molar-refractivity contribution in [3.8, 4) is 5.75 Å². The van der Waals surface area contributed by atoms with Crippen LogP contribution in [0, 0.1) is 0 Å². The number of hydrogen-bond donors (Lipinski definition) is 1. The Kier molecular flexibility index (Phi) is 4.45. The largest absolute Gasteiger partial charge is 0.497 e. The van der Waals surface area contributed by atoms with E-state index in [-0.39, 0.29) is 12.1 Å². The normalized spacial score (nSPS) is 22.1. The van der Waals surface area contributed by atoms with Gasteiger partial charge in [0.2, 0.25) is 0 Å². The molecule has 1 N–H and O–H groups in total. The molecule has 2 atom stereocenters. The number of aryl methyl sites for hydroxylation is 1. The van der Waals surface area contributed by atoms with Gasteiger partial charge in [-0.15, -0.1) is 0 Å². The topological polar surface area (TPSA) is 50.5 Å². The molecule has 0 saturated carbocycles. The average Bonchev–Trinajstić information content (AvgIpc) is 3.14. The number of aliphatic hydroxyl groups is 1. The molecular weight excluding hydrogens is 278 g/mol. The molecule has 0 amide bonds. The molecule has 1 aliphatic heterocycles. The highest BCUT2D eigenvalue weighted by Gasteiger charge is 2.32. The number of hydrogen-bond acceptors (Lipinski definition) is 4. The van der Waals surface area contributed by atoms with Gasteiger partial charge >= 0.3 is 0 Å². The van der Waals surface area contributed by atoms with Gasteiger partial charge < -0.3 is 9.84 Å². The van der Waals surface area contributed by atoms with Gasteiger partial charge in [-0.1, -0.05) is 12.1 Å². The van der Waals surface area contributed by atoms with Crippen molar-refractivity contribution >= 4 is 0 Å². The van der Waals surface area contributed by atoms with Crippen molar-refractivity contribution in [2.24, 2.45) is 0 Å². The Labute approximate surface area is 131 Å². The van der Waals surface area contributed by atoms with E-state index in [1.807, 2.05) is 23.0 Å². The molecule has 3 rings (SSSR count). The monoisotopic (exact) mass is 301 g/mol. The molecule has 2 aromatic rings. The maximum Gasteiger partial charge on any atom is 0.119 e. The van der Waals surface area contributed by atoms with Gasteiger partial charge in [-0.25, -0.2) is 0 Å². The van der Waals surface area contributed by atoms with E-state index in [0.29, 0.717) is 6.54 Å². The van der Waals surface area contributed by atoms with Crippen molar-refractivity contribution in [1.82, 2.24) is 14.7 Å². The van der Waals surface area contributed by atoms with Crippen LogP contribution in [-0.4, -0.2) is 39.5 Å². The van der Waals surface area contributed by atoms with Crippen LogP contribution in [0.5, 0.6) is 5.75 Å². The van der Waals surface area contributed by atoms with Crippen molar-refractivity contribution in [2.45, 2.75) is 38.6 Å². The van der Waals surface area contributed by atoms with E-state index >= 15 is 0 Å². The fourth-order valence-electron chi connectivity index (χ4n) is 3.24. The molecule has 0 bridgehead atoms. The van der Waals surface area contributed by atoms with Crippen LogP contribution in [0.4, 0.5) is 0 Å². The van der Waals surface area contributed by atoms with Crippen molar-refractivity contribution in [2.75, 3.05) is 13.7 Å². The molecule has 0 spiro atoms. The van der Waals surface area contributed by atoms with Gasteiger partial charge in [-0.05, 0) is 37.1 Å². The van der Waals surface area contributed by atoms with E-state index in [9.17, 15) is 5.11 Å². The van der Waals surface area contributed by atoms with Crippen molar-refractivity contribution in [1.29, 1.82) is 0 Å². The molecule has 0 unspecified atom stereocenters. The van der Waals surface area contributed by atoms with Crippen molar-refractivity contribution in [3.05, 3.63) is 47.8 Å². The summed E-state index contributed by atoms with van der Waals surface area (Å²) in [6, 6.07) is 10.4. The summed E-state index contributed by atoms with van der Waals surface area (Å²) >= 11 is 0. The fourth-order valence-corrected chi connectivity index (χ4v) is 3.24. The fraction of sp³-hybridized carbons (Fsp3) is 0.471. The van der Waals surface area contributed by atoms with Crippen molar-refractivity contribution < 1.29 is 9.84 Å². The minimum absolute atomic E-state index is 0.213. The van der Waals surface area contributed by atoms with Gasteiger partial charge in [0.1, 0.15) is 5.75 Å². The van der Waals surface area contributed by atoms with Crippen LogP contribution >= 0.6 is 0 Å². The Morgan fingerprint density at radius 2 is 2.23 bits per heavy atom. The van der Waals surface area contributed by atoms with Crippen LogP contribution in [-0.2, 0) is 13.1 Å². The number of benzene rings is 1. The average molecular weight is 301 g/mol. The van der Waals surface area contributed by atoms with Crippen LogP contribution in [0.15, 0.2) is 36.5 Å².